The number of rotatable bonds is 4. The molecule has 1 aromatic rings. The van der Waals surface area contributed by atoms with Crippen LogP contribution in [0.4, 0.5) is 4.39 Å². The summed E-state index contributed by atoms with van der Waals surface area (Å²) in [6.07, 6.45) is 0.893. The molecule has 0 atom stereocenters. The summed E-state index contributed by atoms with van der Waals surface area (Å²) in [6, 6.07) is 9.63. The monoisotopic (exact) mass is 328 g/mol. The average Bonchev–Trinajstić information content (AvgIpc) is 2.27. The van der Waals surface area contributed by atoms with Crippen LogP contribution in [0.2, 0.25) is 0 Å². The number of esters is 1. The lowest BCUT2D eigenvalue weighted by Crippen LogP contribution is -2.25. The Kier molecular flexibility index (Phi) is 5.73. The summed E-state index contributed by atoms with van der Waals surface area (Å²) < 4.78 is 17.9. The highest BCUT2D eigenvalue weighted by Crippen LogP contribution is 2.22. The molecule has 1 aromatic carbocycles. The summed E-state index contributed by atoms with van der Waals surface area (Å²) in [5.41, 5.74) is 0.466. The molecule has 104 valence electrons. The van der Waals surface area contributed by atoms with Crippen LogP contribution < -0.4 is 0 Å². The maximum atomic E-state index is 13.4. The first-order chi connectivity index (χ1) is 8.79. The van der Waals surface area contributed by atoms with E-state index in [0.29, 0.717) is 12.8 Å². The fraction of sp³-hybridized carbons (Fsp3) is 0.400. The zero-order chi connectivity index (χ0) is 14.5. The Hall–Kier alpha value is -1.16. The van der Waals surface area contributed by atoms with Crippen LogP contribution in [0.25, 0.3) is 0 Å². The molecule has 0 aliphatic heterocycles. The molecule has 0 amide bonds. The van der Waals surface area contributed by atoms with Gasteiger partial charge in [0.25, 0.3) is 0 Å². The second-order valence-corrected chi connectivity index (χ2v) is 5.92. The van der Waals surface area contributed by atoms with Gasteiger partial charge in [0.2, 0.25) is 0 Å². The molecule has 4 heteroatoms. The van der Waals surface area contributed by atoms with Gasteiger partial charge in [0.15, 0.2) is 4.74 Å². The topological polar surface area (TPSA) is 26.3 Å². The lowest BCUT2D eigenvalue weighted by molar-refractivity contribution is -0.150. The highest BCUT2D eigenvalue weighted by molar-refractivity contribution is 9.11. The van der Waals surface area contributed by atoms with Gasteiger partial charge in [-0.15, -0.1) is 0 Å². The molecule has 0 unspecified atom stereocenters. The lowest BCUT2D eigenvalue weighted by atomic mass is 10.1. The third kappa shape index (κ3) is 6.01. The molecule has 0 bridgehead atoms. The zero-order valence-corrected chi connectivity index (χ0v) is 13.0. The molecule has 0 saturated heterocycles. The molecule has 0 aromatic heterocycles. The standard InChI is InChI=1S/C15H18BrFO2/c1-15(2,3)19-14(18)12(13(16)17)10-9-11-7-5-4-6-8-11/h4-8H,9-10H2,1-3H3. The molecule has 0 aliphatic rings. The molecule has 1 rings (SSSR count). The Balaban J connectivity index is 2.70. The molecule has 0 fully saturated rings. The quantitative estimate of drug-likeness (QED) is 0.599. The van der Waals surface area contributed by atoms with Crippen LogP contribution >= 0.6 is 15.9 Å². The largest absolute Gasteiger partial charge is 0.457 e. The minimum absolute atomic E-state index is 0.0405. The molecular formula is C15H18BrFO2. The van der Waals surface area contributed by atoms with E-state index in [1.165, 1.54) is 0 Å². The van der Waals surface area contributed by atoms with Gasteiger partial charge in [-0.05, 0) is 55.1 Å². The number of hydrogen-bond acceptors (Lipinski definition) is 2. The average molecular weight is 329 g/mol. The number of carbonyl (C=O) groups excluding carboxylic acids is 1. The van der Waals surface area contributed by atoms with Crippen molar-refractivity contribution >= 4 is 21.9 Å². The van der Waals surface area contributed by atoms with Gasteiger partial charge in [-0.1, -0.05) is 30.3 Å². The van der Waals surface area contributed by atoms with Crippen molar-refractivity contribution in [3.05, 3.63) is 46.2 Å². The first kappa shape index (κ1) is 15.9. The summed E-state index contributed by atoms with van der Waals surface area (Å²) >= 11 is 2.73. The summed E-state index contributed by atoms with van der Waals surface area (Å²) in [4.78, 5) is 11.9. The van der Waals surface area contributed by atoms with E-state index < -0.39 is 16.3 Å². The van der Waals surface area contributed by atoms with E-state index in [1.807, 2.05) is 30.3 Å². The van der Waals surface area contributed by atoms with Gasteiger partial charge >= 0.3 is 5.97 Å². The van der Waals surface area contributed by atoms with Crippen molar-refractivity contribution in [3.8, 4) is 0 Å². The minimum atomic E-state index is -0.655. The van der Waals surface area contributed by atoms with Gasteiger partial charge in [0.05, 0.1) is 5.57 Å². The van der Waals surface area contributed by atoms with E-state index in [4.69, 9.17) is 4.74 Å². The van der Waals surface area contributed by atoms with Crippen LogP contribution in [-0.2, 0) is 16.0 Å². The van der Waals surface area contributed by atoms with Crippen molar-refractivity contribution in [1.29, 1.82) is 0 Å². The van der Waals surface area contributed by atoms with Gasteiger partial charge in [-0.25, -0.2) is 4.79 Å². The van der Waals surface area contributed by atoms with E-state index in [2.05, 4.69) is 15.9 Å². The number of aryl methyl sites for hydroxylation is 1. The highest BCUT2D eigenvalue weighted by Gasteiger charge is 2.22. The van der Waals surface area contributed by atoms with E-state index in [1.54, 1.807) is 20.8 Å². The third-order valence-corrected chi connectivity index (χ3v) is 2.86. The second kappa shape index (κ2) is 6.85. The molecule has 0 spiro atoms. The van der Waals surface area contributed by atoms with E-state index in [-0.39, 0.29) is 5.57 Å². The Morgan fingerprint density at radius 2 is 1.84 bits per heavy atom. The summed E-state index contributed by atoms with van der Waals surface area (Å²) in [6.45, 7) is 5.27. The SMILES string of the molecule is CC(C)(C)OC(=O)C(CCc1ccccc1)=C(F)Br. The van der Waals surface area contributed by atoms with Crippen LogP contribution in [0.15, 0.2) is 40.6 Å². The Morgan fingerprint density at radius 3 is 2.32 bits per heavy atom. The van der Waals surface area contributed by atoms with Gasteiger partial charge in [-0.2, -0.15) is 4.39 Å². The Bertz CT molecular complexity index is 457. The normalized spacial score (nSPS) is 12.9. The van der Waals surface area contributed by atoms with Crippen molar-refractivity contribution in [1.82, 2.24) is 0 Å². The summed E-state index contributed by atoms with van der Waals surface area (Å²) in [5.74, 6) is -0.613. The van der Waals surface area contributed by atoms with E-state index in [9.17, 15) is 9.18 Å². The van der Waals surface area contributed by atoms with Crippen LogP contribution in [-0.4, -0.2) is 11.6 Å². The molecule has 0 aliphatic carbocycles. The molecule has 0 heterocycles. The Labute approximate surface area is 121 Å². The predicted octanol–water partition coefficient (Wildman–Crippen LogP) is 4.54. The first-order valence-corrected chi connectivity index (χ1v) is 6.90. The van der Waals surface area contributed by atoms with Crippen molar-refractivity contribution in [2.75, 3.05) is 0 Å². The molecule has 0 saturated carbocycles. The predicted molar refractivity (Wildman–Crippen MR) is 77.7 cm³/mol. The highest BCUT2D eigenvalue weighted by atomic mass is 79.9. The van der Waals surface area contributed by atoms with Crippen LogP contribution in [0, 0.1) is 0 Å². The smallest absolute Gasteiger partial charge is 0.338 e. The van der Waals surface area contributed by atoms with Crippen molar-refractivity contribution < 1.29 is 13.9 Å². The van der Waals surface area contributed by atoms with Crippen LogP contribution in [0.5, 0.6) is 0 Å². The summed E-state index contributed by atoms with van der Waals surface area (Å²) in [5, 5.41) is 0. The zero-order valence-electron chi connectivity index (χ0n) is 11.4. The third-order valence-electron chi connectivity index (χ3n) is 2.38. The van der Waals surface area contributed by atoms with Crippen LogP contribution in [0.3, 0.4) is 0 Å². The van der Waals surface area contributed by atoms with Gasteiger partial charge in [0, 0.05) is 0 Å². The van der Waals surface area contributed by atoms with Gasteiger partial charge in [-0.3, -0.25) is 0 Å². The first-order valence-electron chi connectivity index (χ1n) is 6.11. The van der Waals surface area contributed by atoms with Crippen molar-refractivity contribution in [2.45, 2.75) is 39.2 Å². The van der Waals surface area contributed by atoms with Gasteiger partial charge in [0.1, 0.15) is 5.60 Å². The number of hydrogen-bond donors (Lipinski definition) is 0. The van der Waals surface area contributed by atoms with E-state index >= 15 is 0 Å². The minimum Gasteiger partial charge on any atom is -0.457 e. The number of ether oxygens (including phenoxy) is 1. The molecule has 19 heavy (non-hydrogen) atoms. The van der Waals surface area contributed by atoms with Crippen LogP contribution in [0.1, 0.15) is 32.8 Å². The fourth-order valence-electron chi connectivity index (χ4n) is 1.53. The van der Waals surface area contributed by atoms with E-state index in [0.717, 1.165) is 5.56 Å². The molecule has 0 radical (unpaired) electrons. The second-order valence-electron chi connectivity index (χ2n) is 5.23. The molecule has 2 nitrogen and oxygen atoms in total. The maximum Gasteiger partial charge on any atom is 0.338 e. The Morgan fingerprint density at radius 1 is 1.26 bits per heavy atom. The molecule has 0 N–H and O–H groups in total. The number of carbonyl (C=O) groups is 1. The number of benzene rings is 1. The molecular weight excluding hydrogens is 311 g/mol. The van der Waals surface area contributed by atoms with Crippen molar-refractivity contribution in [3.63, 3.8) is 0 Å². The maximum absolute atomic E-state index is 13.4. The van der Waals surface area contributed by atoms with Crippen molar-refractivity contribution in [2.24, 2.45) is 0 Å². The summed E-state index contributed by atoms with van der Waals surface area (Å²) in [7, 11) is 0. The number of halogens is 2. The fourth-order valence-corrected chi connectivity index (χ4v) is 1.89. The van der Waals surface area contributed by atoms with Gasteiger partial charge < -0.3 is 4.74 Å². The lowest BCUT2D eigenvalue weighted by Gasteiger charge is -2.20.